The third kappa shape index (κ3) is 39.1. The molecule has 1 amide bonds. The van der Waals surface area contributed by atoms with Crippen LogP contribution in [0.4, 0.5) is 0 Å². The van der Waals surface area contributed by atoms with Gasteiger partial charge in [-0.2, -0.15) is 0 Å². The van der Waals surface area contributed by atoms with Crippen LogP contribution in [0.2, 0.25) is 0 Å². The fraction of sp³-hybridized carbons (Fsp3) is 0.577. The number of unbranched alkanes of at least 4 members (excludes halogenated alkanes) is 10. The van der Waals surface area contributed by atoms with Crippen LogP contribution < -0.4 is 5.32 Å². The molecule has 6 heteroatoms. The maximum atomic E-state index is 13.1. The Kier molecular flexibility index (Phi) is 41.5. The van der Waals surface area contributed by atoms with E-state index in [1.165, 1.54) is 38.5 Å². The van der Waals surface area contributed by atoms with E-state index in [4.69, 9.17) is 4.74 Å². The number of hydrogen-bond donors (Lipinski definition) is 3. The molecule has 0 fully saturated rings. The highest BCUT2D eigenvalue weighted by atomic mass is 16.5. The van der Waals surface area contributed by atoms with Crippen LogP contribution in [-0.4, -0.2) is 46.9 Å². The van der Waals surface area contributed by atoms with Gasteiger partial charge in [-0.25, -0.2) is 0 Å². The molecule has 0 saturated heterocycles. The van der Waals surface area contributed by atoms with Crippen LogP contribution in [0.3, 0.4) is 0 Å². The summed E-state index contributed by atoms with van der Waals surface area (Å²) in [5, 5.41) is 23.5. The lowest BCUT2D eigenvalue weighted by molar-refractivity contribution is -0.151. The first-order valence-corrected chi connectivity index (χ1v) is 22.8. The molecule has 0 radical (unpaired) electrons. The van der Waals surface area contributed by atoms with Crippen LogP contribution in [0.5, 0.6) is 0 Å². The molecule has 0 aromatic carbocycles. The van der Waals surface area contributed by atoms with Gasteiger partial charge in [-0.05, 0) is 77.0 Å². The van der Waals surface area contributed by atoms with Crippen molar-refractivity contribution in [2.45, 2.75) is 187 Å². The number of rotatable bonds is 38. The van der Waals surface area contributed by atoms with Gasteiger partial charge in [0.15, 0.2) is 0 Å². The lowest BCUT2D eigenvalue weighted by Gasteiger charge is -2.24. The number of amides is 1. The van der Waals surface area contributed by atoms with E-state index in [2.05, 4.69) is 99.0 Å². The number of aliphatic hydroxyl groups excluding tert-OH is 2. The minimum absolute atomic E-state index is 0.00284. The molecule has 0 aliphatic rings. The predicted octanol–water partition coefficient (Wildman–Crippen LogP) is 13.3. The Labute approximate surface area is 355 Å². The van der Waals surface area contributed by atoms with Crippen molar-refractivity contribution in [3.8, 4) is 0 Å². The Morgan fingerprint density at radius 3 is 1.57 bits per heavy atom. The summed E-state index contributed by atoms with van der Waals surface area (Å²) in [7, 11) is 0. The summed E-state index contributed by atoms with van der Waals surface area (Å²) < 4.78 is 5.83. The van der Waals surface area contributed by atoms with Gasteiger partial charge >= 0.3 is 5.97 Å². The number of allylic oxidation sites excluding steroid dienone is 20. The SMILES string of the molecule is CC/C=C\C/C=C\C/C=C\C/C=C\C/C=C\CCCC(=O)OC(CCC/C=C/C=C\C=C/C=C/C=C/CC)CC(=O)NC(CO)C(O)CCCCCCCCCCC. The molecule has 6 nitrogen and oxygen atoms in total. The highest BCUT2D eigenvalue weighted by Crippen LogP contribution is 2.15. The summed E-state index contributed by atoms with van der Waals surface area (Å²) in [6, 6.07) is -0.742. The van der Waals surface area contributed by atoms with E-state index < -0.39 is 18.2 Å². The first-order chi connectivity index (χ1) is 28.5. The zero-order valence-corrected chi connectivity index (χ0v) is 36.9. The molecule has 0 aromatic rings. The zero-order chi connectivity index (χ0) is 42.4. The maximum absolute atomic E-state index is 13.1. The van der Waals surface area contributed by atoms with Crippen molar-refractivity contribution in [1.82, 2.24) is 5.32 Å². The highest BCUT2D eigenvalue weighted by Gasteiger charge is 2.23. The number of nitrogens with one attached hydrogen (secondary N) is 1. The quantitative estimate of drug-likeness (QED) is 0.0250. The van der Waals surface area contributed by atoms with E-state index in [1.807, 2.05) is 48.6 Å². The second kappa shape index (κ2) is 44.4. The van der Waals surface area contributed by atoms with Gasteiger partial charge in [-0.3, -0.25) is 9.59 Å². The minimum atomic E-state index is -0.822. The van der Waals surface area contributed by atoms with Crippen molar-refractivity contribution in [2.24, 2.45) is 0 Å². The molecule has 0 aromatic heterocycles. The Morgan fingerprint density at radius 2 is 1.02 bits per heavy atom. The maximum Gasteiger partial charge on any atom is 0.306 e. The van der Waals surface area contributed by atoms with Gasteiger partial charge in [0.25, 0.3) is 0 Å². The molecule has 0 spiro atoms. The molecule has 58 heavy (non-hydrogen) atoms. The van der Waals surface area contributed by atoms with Gasteiger partial charge in [0.05, 0.1) is 25.2 Å². The fourth-order valence-corrected chi connectivity index (χ4v) is 6.02. The molecule has 3 atom stereocenters. The van der Waals surface area contributed by atoms with Crippen molar-refractivity contribution < 1.29 is 24.5 Å². The summed E-state index contributed by atoms with van der Waals surface area (Å²) in [6.45, 7) is 6.14. The molecular weight excluding hydrogens is 719 g/mol. The van der Waals surface area contributed by atoms with Crippen molar-refractivity contribution in [2.75, 3.05) is 6.61 Å². The van der Waals surface area contributed by atoms with Crippen LogP contribution in [-0.2, 0) is 14.3 Å². The number of hydrogen-bond acceptors (Lipinski definition) is 5. The van der Waals surface area contributed by atoms with Crippen molar-refractivity contribution in [1.29, 1.82) is 0 Å². The highest BCUT2D eigenvalue weighted by molar-refractivity contribution is 5.77. The molecule has 326 valence electrons. The lowest BCUT2D eigenvalue weighted by Crippen LogP contribution is -2.46. The molecule has 0 aliphatic heterocycles. The third-order valence-electron chi connectivity index (χ3n) is 9.41. The number of ether oxygens (including phenoxy) is 1. The summed E-state index contributed by atoms with van der Waals surface area (Å²) >= 11 is 0. The van der Waals surface area contributed by atoms with Crippen LogP contribution in [0.25, 0.3) is 0 Å². The second-order valence-electron chi connectivity index (χ2n) is 14.8. The Morgan fingerprint density at radius 1 is 0.534 bits per heavy atom. The molecule has 0 aliphatic carbocycles. The van der Waals surface area contributed by atoms with Crippen LogP contribution >= 0.6 is 0 Å². The Hall–Kier alpha value is -3.74. The molecule has 0 bridgehead atoms. The molecule has 0 saturated carbocycles. The van der Waals surface area contributed by atoms with Crippen LogP contribution in [0.15, 0.2) is 122 Å². The number of aliphatic hydroxyl groups is 2. The largest absolute Gasteiger partial charge is 0.462 e. The Bertz CT molecular complexity index is 1260. The second-order valence-corrected chi connectivity index (χ2v) is 14.8. The summed E-state index contributed by atoms with van der Waals surface area (Å²) in [6.07, 6.45) is 61.2. The topological polar surface area (TPSA) is 95.9 Å². The fourth-order valence-electron chi connectivity index (χ4n) is 6.02. The van der Waals surface area contributed by atoms with Crippen LogP contribution in [0, 0.1) is 0 Å². The van der Waals surface area contributed by atoms with Crippen LogP contribution in [0.1, 0.15) is 168 Å². The Balaban J connectivity index is 4.85. The summed E-state index contributed by atoms with van der Waals surface area (Å²) in [4.78, 5) is 26.0. The van der Waals surface area contributed by atoms with Gasteiger partial charge < -0.3 is 20.3 Å². The number of esters is 1. The average molecular weight is 802 g/mol. The first kappa shape index (κ1) is 54.3. The third-order valence-corrected chi connectivity index (χ3v) is 9.41. The van der Waals surface area contributed by atoms with E-state index in [-0.39, 0.29) is 31.3 Å². The number of carbonyl (C=O) groups excluding carboxylic acids is 2. The smallest absolute Gasteiger partial charge is 0.306 e. The van der Waals surface area contributed by atoms with Gasteiger partial charge in [0, 0.05) is 6.42 Å². The van der Waals surface area contributed by atoms with E-state index in [0.717, 1.165) is 77.0 Å². The molecule has 0 heterocycles. The van der Waals surface area contributed by atoms with Crippen molar-refractivity contribution in [3.05, 3.63) is 122 Å². The minimum Gasteiger partial charge on any atom is -0.462 e. The monoisotopic (exact) mass is 802 g/mol. The molecular formula is C52H83NO5. The van der Waals surface area contributed by atoms with E-state index in [1.54, 1.807) is 0 Å². The lowest BCUT2D eigenvalue weighted by atomic mass is 10.0. The normalized spacial score (nSPS) is 14.5. The van der Waals surface area contributed by atoms with Gasteiger partial charge in [-0.15, -0.1) is 0 Å². The van der Waals surface area contributed by atoms with E-state index in [0.29, 0.717) is 19.3 Å². The molecule has 0 rings (SSSR count). The number of carbonyl (C=O) groups is 2. The van der Waals surface area contributed by atoms with Gasteiger partial charge in [0.1, 0.15) is 6.10 Å². The molecule has 3 unspecified atom stereocenters. The van der Waals surface area contributed by atoms with Crippen molar-refractivity contribution >= 4 is 11.9 Å². The summed E-state index contributed by atoms with van der Waals surface area (Å²) in [5.41, 5.74) is 0. The standard InChI is InChI=1S/C52H83NO5/c1-4-7-10-13-16-19-21-23-24-25-26-28-30-33-36-39-42-45-52(57)58-48(43-40-37-34-32-29-27-22-20-17-14-11-8-5-2)46-51(56)53-49(47-54)50(55)44-41-38-35-31-18-15-12-9-6-3/h7-8,10-11,14,16-17,19-20,22-24,26-29,32-34,36,48-50,54-55H,4-6,9,12-13,15,18,21,25,30-31,35,37-47H2,1-3H3,(H,53,56)/b10-7-,11-8+,17-14+,19-16-,22-20-,24-23-,28-26-,29-27-,34-32+,36-33-. The molecule has 3 N–H and O–H groups in total. The van der Waals surface area contributed by atoms with Gasteiger partial charge in [0.2, 0.25) is 5.91 Å². The average Bonchev–Trinajstić information content (AvgIpc) is 3.22. The van der Waals surface area contributed by atoms with Crippen molar-refractivity contribution in [3.63, 3.8) is 0 Å². The van der Waals surface area contributed by atoms with E-state index in [9.17, 15) is 19.8 Å². The summed E-state index contributed by atoms with van der Waals surface area (Å²) in [5.74, 6) is -0.634. The van der Waals surface area contributed by atoms with E-state index >= 15 is 0 Å². The zero-order valence-electron chi connectivity index (χ0n) is 36.9. The van der Waals surface area contributed by atoms with Gasteiger partial charge in [-0.1, -0.05) is 200 Å². The predicted molar refractivity (Wildman–Crippen MR) is 250 cm³/mol. The first-order valence-electron chi connectivity index (χ1n) is 22.8.